The number of phenolic OH excluding ortho intramolecular Hbond substituents is 1. The molecule has 37 heavy (non-hydrogen) atoms. The van der Waals surface area contributed by atoms with Gasteiger partial charge in [0.05, 0.1) is 5.56 Å². The van der Waals surface area contributed by atoms with Gasteiger partial charge in [0.25, 0.3) is 0 Å². The molecule has 0 saturated carbocycles. The number of phenols is 1. The van der Waals surface area contributed by atoms with Gasteiger partial charge in [0.1, 0.15) is 11.5 Å². The van der Waals surface area contributed by atoms with Crippen molar-refractivity contribution in [2.75, 3.05) is 0 Å². The van der Waals surface area contributed by atoms with Crippen LogP contribution < -0.4 is 4.52 Å². The molecule has 0 radical (unpaired) electrons. The van der Waals surface area contributed by atoms with E-state index in [1.807, 2.05) is 58.9 Å². The minimum absolute atomic E-state index is 0. The van der Waals surface area contributed by atoms with E-state index in [9.17, 15) is 24.3 Å². The van der Waals surface area contributed by atoms with Gasteiger partial charge in [0.2, 0.25) is 0 Å². The first-order valence-electron chi connectivity index (χ1n) is 11.8. The number of benzene rings is 3. The number of phosphoric acid groups is 1. The zero-order valence-electron chi connectivity index (χ0n) is 21.9. The molecular weight excluding hydrogens is 504 g/mol. The summed E-state index contributed by atoms with van der Waals surface area (Å²) in [5.74, 6) is -0.352. The fourth-order valence-corrected chi connectivity index (χ4v) is 5.46. The molecule has 0 aliphatic carbocycles. The Bertz CT molecular complexity index is 1410. The molecule has 1 heterocycles. The van der Waals surface area contributed by atoms with Gasteiger partial charge in [-0.2, -0.15) is 0 Å². The van der Waals surface area contributed by atoms with Crippen LogP contribution in [0.15, 0.2) is 48.5 Å². The first-order valence-corrected chi connectivity index (χ1v) is 13.4. The van der Waals surface area contributed by atoms with Crippen molar-refractivity contribution in [2.24, 2.45) is 0 Å². The molecular formula is C28H31MgO7P+2. The molecule has 1 aliphatic rings. The number of hydrogen-bond donors (Lipinski definition) is 3. The van der Waals surface area contributed by atoms with Gasteiger partial charge in [-0.3, -0.25) is 9.79 Å². The Hall–Kier alpha value is -2.35. The summed E-state index contributed by atoms with van der Waals surface area (Å²) in [5, 5.41) is 10.6. The van der Waals surface area contributed by atoms with Crippen LogP contribution in [0, 0.1) is 13.8 Å². The molecule has 0 bridgehead atoms. The summed E-state index contributed by atoms with van der Waals surface area (Å²) in [6.07, 6.45) is 0. The van der Waals surface area contributed by atoms with Crippen molar-refractivity contribution in [3.63, 3.8) is 0 Å². The number of phosphoric ester groups is 1. The van der Waals surface area contributed by atoms with Crippen molar-refractivity contribution in [3.05, 3.63) is 93.0 Å². The van der Waals surface area contributed by atoms with Crippen molar-refractivity contribution >= 4 is 36.8 Å². The first kappa shape index (κ1) is 29.2. The third kappa shape index (κ3) is 5.18. The Morgan fingerprint density at radius 1 is 0.865 bits per heavy atom. The maximum atomic E-state index is 13.2. The van der Waals surface area contributed by atoms with Crippen LogP contribution in [-0.2, 0) is 14.9 Å². The van der Waals surface area contributed by atoms with Crippen LogP contribution in [-0.4, -0.2) is 43.9 Å². The van der Waals surface area contributed by atoms with E-state index in [0.29, 0.717) is 33.4 Å². The number of aromatic hydroxyl groups is 1. The fraction of sp³-hybridized carbons (Fsp3) is 0.321. The van der Waals surface area contributed by atoms with E-state index < -0.39 is 19.4 Å². The van der Waals surface area contributed by atoms with Gasteiger partial charge in [-0.1, -0.05) is 45.9 Å². The second-order valence-corrected chi connectivity index (χ2v) is 11.1. The molecule has 7 nitrogen and oxygen atoms in total. The molecule has 1 unspecified atom stereocenters. The van der Waals surface area contributed by atoms with Crippen molar-refractivity contribution in [2.45, 2.75) is 59.0 Å². The third-order valence-electron chi connectivity index (χ3n) is 6.72. The summed E-state index contributed by atoms with van der Waals surface area (Å²) in [6.45, 7) is 11.4. The van der Waals surface area contributed by atoms with Crippen LogP contribution in [0.4, 0.5) is 0 Å². The average molecular weight is 535 g/mol. The van der Waals surface area contributed by atoms with Gasteiger partial charge >= 0.3 is 36.8 Å². The number of carbonyl (C=O) groups is 1. The smallest absolute Gasteiger partial charge is 0.508 e. The van der Waals surface area contributed by atoms with Crippen molar-refractivity contribution < 1.29 is 33.5 Å². The number of esters is 1. The van der Waals surface area contributed by atoms with E-state index in [2.05, 4.69) is 0 Å². The monoisotopic (exact) mass is 534 g/mol. The molecule has 3 aromatic rings. The molecule has 0 spiro atoms. The number of cyclic esters (lactones) is 1. The SMILES string of the molecule is Cc1cc(O)c(C(C)C)cc1C1(c2cc(C(C)C)c(OP(=O)(O)O)cc2C)OC(=O)c2ccccc21.[Mg+2]. The second-order valence-electron chi connectivity index (χ2n) is 9.94. The van der Waals surface area contributed by atoms with Crippen LogP contribution >= 0.6 is 7.82 Å². The minimum Gasteiger partial charge on any atom is -0.508 e. The van der Waals surface area contributed by atoms with Crippen LogP contribution in [0.3, 0.4) is 0 Å². The molecule has 9 heteroatoms. The quantitative estimate of drug-likeness (QED) is 0.208. The van der Waals surface area contributed by atoms with Gasteiger partial charge in [0.15, 0.2) is 5.60 Å². The Morgan fingerprint density at radius 3 is 1.97 bits per heavy atom. The van der Waals surface area contributed by atoms with Crippen LogP contribution in [0.5, 0.6) is 11.5 Å². The standard InChI is InChI=1S/C28H31O7P.Mg/c1-15(2)20-13-23(17(5)11-25(20)29)28(22-10-8-7-9-19(22)27(30)34-28)24-14-21(16(3)4)26(12-18(24)6)35-36(31,32)33;/h7-16,29H,1-6H3,(H2,31,32,33);/q;+2. The predicted octanol–water partition coefficient (Wildman–Crippen LogP) is 5.81. The second kappa shape index (κ2) is 10.4. The Balaban J connectivity index is 0.00000380. The fourth-order valence-electron chi connectivity index (χ4n) is 5.05. The molecule has 4 rings (SSSR count). The normalized spacial score (nSPS) is 17.0. The topological polar surface area (TPSA) is 113 Å². The van der Waals surface area contributed by atoms with E-state index in [1.165, 1.54) is 0 Å². The molecule has 1 atom stereocenters. The molecule has 1 aliphatic heterocycles. The molecule has 3 N–H and O–H groups in total. The van der Waals surface area contributed by atoms with E-state index in [4.69, 9.17) is 9.26 Å². The minimum atomic E-state index is -4.80. The number of aryl methyl sites for hydroxylation is 2. The van der Waals surface area contributed by atoms with Crippen molar-refractivity contribution in [3.8, 4) is 11.5 Å². The zero-order chi connectivity index (χ0) is 26.6. The first-order chi connectivity index (χ1) is 16.8. The van der Waals surface area contributed by atoms with Crippen LogP contribution in [0.25, 0.3) is 0 Å². The molecule has 0 amide bonds. The summed E-state index contributed by atoms with van der Waals surface area (Å²) in [6, 6.07) is 14.2. The Kier molecular flexibility index (Phi) is 8.23. The predicted molar refractivity (Wildman–Crippen MR) is 142 cm³/mol. The molecule has 0 aromatic heterocycles. The van der Waals surface area contributed by atoms with Gasteiger partial charge in [-0.25, -0.2) is 9.36 Å². The molecule has 190 valence electrons. The zero-order valence-corrected chi connectivity index (χ0v) is 24.2. The largest absolute Gasteiger partial charge is 2.00 e. The maximum absolute atomic E-state index is 13.2. The Morgan fingerprint density at radius 2 is 1.41 bits per heavy atom. The molecule has 0 fully saturated rings. The van der Waals surface area contributed by atoms with E-state index in [1.54, 1.807) is 31.2 Å². The number of ether oxygens (including phenoxy) is 1. The van der Waals surface area contributed by atoms with Gasteiger partial charge in [0, 0.05) is 16.7 Å². The summed E-state index contributed by atoms with van der Waals surface area (Å²) in [4.78, 5) is 32.2. The number of carbonyl (C=O) groups excluding carboxylic acids is 1. The van der Waals surface area contributed by atoms with Gasteiger partial charge < -0.3 is 14.4 Å². The molecule has 3 aromatic carbocycles. The molecule has 0 saturated heterocycles. The number of fused-ring (bicyclic) bond motifs is 1. The summed E-state index contributed by atoms with van der Waals surface area (Å²) < 4.78 is 23.0. The van der Waals surface area contributed by atoms with E-state index >= 15 is 0 Å². The summed E-state index contributed by atoms with van der Waals surface area (Å²) in [7, 11) is -4.80. The van der Waals surface area contributed by atoms with Crippen molar-refractivity contribution in [1.82, 2.24) is 0 Å². The van der Waals surface area contributed by atoms with E-state index in [-0.39, 0.29) is 46.4 Å². The summed E-state index contributed by atoms with van der Waals surface area (Å²) >= 11 is 0. The number of hydrogen-bond acceptors (Lipinski definition) is 5. The number of rotatable bonds is 6. The van der Waals surface area contributed by atoms with Crippen LogP contribution in [0.1, 0.15) is 88.8 Å². The van der Waals surface area contributed by atoms with Crippen molar-refractivity contribution in [1.29, 1.82) is 0 Å². The maximum Gasteiger partial charge on any atom is 2.00 e. The average Bonchev–Trinajstić information content (AvgIpc) is 3.05. The third-order valence-corrected chi connectivity index (χ3v) is 7.16. The summed E-state index contributed by atoms with van der Waals surface area (Å²) in [5.41, 5.74) is 3.81. The van der Waals surface area contributed by atoms with Gasteiger partial charge in [-0.15, -0.1) is 0 Å². The van der Waals surface area contributed by atoms with Crippen LogP contribution in [0.2, 0.25) is 0 Å². The Labute approximate surface area is 233 Å². The van der Waals surface area contributed by atoms with E-state index in [0.717, 1.165) is 11.1 Å². The van der Waals surface area contributed by atoms with Gasteiger partial charge in [-0.05, 0) is 78.3 Å².